The van der Waals surface area contributed by atoms with Gasteiger partial charge in [-0.1, -0.05) is 17.7 Å². The molecule has 0 saturated carbocycles. The molecule has 2 aromatic carbocycles. The summed E-state index contributed by atoms with van der Waals surface area (Å²) in [4.78, 5) is 1.93. The topological polar surface area (TPSA) is 40.6 Å². The summed E-state index contributed by atoms with van der Waals surface area (Å²) in [6.07, 6.45) is 0. The second kappa shape index (κ2) is 6.72. The molecule has 1 aliphatic rings. The van der Waals surface area contributed by atoms with Crippen molar-refractivity contribution in [1.82, 2.24) is 4.31 Å². The maximum Gasteiger partial charge on any atom is 0.243 e. The zero-order valence-corrected chi connectivity index (χ0v) is 15.0. The summed E-state index contributed by atoms with van der Waals surface area (Å²) in [5.41, 5.74) is 3.42. The first kappa shape index (κ1) is 17.8. The summed E-state index contributed by atoms with van der Waals surface area (Å²) in [6, 6.07) is 8.86. The first-order valence-corrected chi connectivity index (χ1v) is 9.50. The standard InChI is InChI=1S/C18H20F2N2O2S/c1-13-3-6-18(14(2)11-13)21-7-9-22(10-8-21)25(23,24)15-4-5-16(19)17(20)12-15/h3-6,11-12H,7-10H2,1-2H3. The Morgan fingerprint density at radius 3 is 2.16 bits per heavy atom. The van der Waals surface area contributed by atoms with Crippen molar-refractivity contribution in [3.8, 4) is 0 Å². The molecule has 0 unspecified atom stereocenters. The summed E-state index contributed by atoms with van der Waals surface area (Å²) in [6.45, 7) is 5.76. The van der Waals surface area contributed by atoms with Crippen molar-refractivity contribution < 1.29 is 17.2 Å². The lowest BCUT2D eigenvalue weighted by atomic mass is 10.1. The molecule has 0 aromatic heterocycles. The van der Waals surface area contributed by atoms with Crippen LogP contribution in [0.25, 0.3) is 0 Å². The number of hydrogen-bond acceptors (Lipinski definition) is 3. The van der Waals surface area contributed by atoms with Crippen LogP contribution in [0.4, 0.5) is 14.5 Å². The van der Waals surface area contributed by atoms with E-state index in [4.69, 9.17) is 0 Å². The van der Waals surface area contributed by atoms with Crippen LogP contribution in [-0.2, 0) is 10.0 Å². The first-order valence-electron chi connectivity index (χ1n) is 8.06. The average molecular weight is 366 g/mol. The number of anilines is 1. The van der Waals surface area contributed by atoms with Crippen LogP contribution in [0.5, 0.6) is 0 Å². The minimum Gasteiger partial charge on any atom is -0.369 e. The smallest absolute Gasteiger partial charge is 0.243 e. The van der Waals surface area contributed by atoms with Crippen molar-refractivity contribution in [1.29, 1.82) is 0 Å². The van der Waals surface area contributed by atoms with E-state index in [0.717, 1.165) is 29.4 Å². The van der Waals surface area contributed by atoms with E-state index in [1.165, 1.54) is 9.87 Å². The molecule has 3 rings (SSSR count). The van der Waals surface area contributed by atoms with Crippen LogP contribution in [0.3, 0.4) is 0 Å². The van der Waals surface area contributed by atoms with Crippen molar-refractivity contribution >= 4 is 15.7 Å². The van der Waals surface area contributed by atoms with E-state index in [9.17, 15) is 17.2 Å². The number of piperazine rings is 1. The number of nitrogens with zero attached hydrogens (tertiary/aromatic N) is 2. The lowest BCUT2D eigenvalue weighted by molar-refractivity contribution is 0.384. The molecule has 25 heavy (non-hydrogen) atoms. The van der Waals surface area contributed by atoms with E-state index in [2.05, 4.69) is 11.0 Å². The van der Waals surface area contributed by atoms with Gasteiger partial charge in [0.2, 0.25) is 10.0 Å². The summed E-state index contributed by atoms with van der Waals surface area (Å²) < 4.78 is 53.0. The summed E-state index contributed by atoms with van der Waals surface area (Å²) >= 11 is 0. The van der Waals surface area contributed by atoms with E-state index in [1.54, 1.807) is 0 Å². The lowest BCUT2D eigenvalue weighted by Gasteiger charge is -2.36. The second-order valence-corrected chi connectivity index (χ2v) is 8.19. The Morgan fingerprint density at radius 1 is 0.880 bits per heavy atom. The number of benzene rings is 2. The first-order chi connectivity index (χ1) is 11.8. The number of hydrogen-bond donors (Lipinski definition) is 0. The number of halogens is 2. The molecule has 0 spiro atoms. The lowest BCUT2D eigenvalue weighted by Crippen LogP contribution is -2.48. The van der Waals surface area contributed by atoms with Gasteiger partial charge < -0.3 is 4.90 Å². The van der Waals surface area contributed by atoms with E-state index < -0.39 is 21.7 Å². The van der Waals surface area contributed by atoms with Crippen molar-refractivity contribution in [2.24, 2.45) is 0 Å². The number of sulfonamides is 1. The van der Waals surface area contributed by atoms with Gasteiger partial charge in [0.15, 0.2) is 11.6 Å². The second-order valence-electron chi connectivity index (χ2n) is 6.26. The Balaban J connectivity index is 1.76. The minimum absolute atomic E-state index is 0.216. The predicted octanol–water partition coefficient (Wildman–Crippen LogP) is 3.09. The fraction of sp³-hybridized carbons (Fsp3) is 0.333. The van der Waals surface area contributed by atoms with Gasteiger partial charge in [-0.15, -0.1) is 0 Å². The third-order valence-corrected chi connectivity index (χ3v) is 6.36. The fourth-order valence-electron chi connectivity index (χ4n) is 3.12. The zero-order valence-electron chi connectivity index (χ0n) is 14.2. The van der Waals surface area contributed by atoms with Gasteiger partial charge in [0.25, 0.3) is 0 Å². The summed E-state index contributed by atoms with van der Waals surface area (Å²) in [7, 11) is -3.82. The Labute approximate surface area is 146 Å². The molecule has 0 atom stereocenters. The SMILES string of the molecule is Cc1ccc(N2CCN(S(=O)(=O)c3ccc(F)c(F)c3)CC2)c(C)c1. The van der Waals surface area contributed by atoms with Crippen LogP contribution in [0, 0.1) is 25.5 Å². The average Bonchev–Trinajstić information content (AvgIpc) is 2.57. The largest absolute Gasteiger partial charge is 0.369 e. The molecule has 2 aromatic rings. The Hall–Kier alpha value is -1.99. The van der Waals surface area contributed by atoms with Gasteiger partial charge in [-0.05, 0) is 43.7 Å². The third kappa shape index (κ3) is 3.52. The predicted molar refractivity (Wildman–Crippen MR) is 93.2 cm³/mol. The van der Waals surface area contributed by atoms with Gasteiger partial charge in [-0.2, -0.15) is 4.31 Å². The molecular formula is C18H20F2N2O2S. The zero-order chi connectivity index (χ0) is 18.2. The highest BCUT2D eigenvalue weighted by Crippen LogP contribution is 2.25. The van der Waals surface area contributed by atoms with Crippen molar-refractivity contribution in [3.05, 3.63) is 59.2 Å². The van der Waals surface area contributed by atoms with Crippen LogP contribution < -0.4 is 4.90 Å². The van der Waals surface area contributed by atoms with Crippen molar-refractivity contribution in [2.45, 2.75) is 18.7 Å². The van der Waals surface area contributed by atoms with Gasteiger partial charge in [-0.25, -0.2) is 17.2 Å². The normalized spacial score (nSPS) is 16.2. The Kier molecular flexibility index (Phi) is 4.79. The highest BCUT2D eigenvalue weighted by Gasteiger charge is 2.29. The highest BCUT2D eigenvalue weighted by atomic mass is 32.2. The molecular weight excluding hydrogens is 346 g/mol. The quantitative estimate of drug-likeness (QED) is 0.838. The molecule has 7 heteroatoms. The summed E-state index contributed by atoms with van der Waals surface area (Å²) in [5, 5.41) is 0. The molecule has 1 aliphatic heterocycles. The Morgan fingerprint density at radius 2 is 1.56 bits per heavy atom. The van der Waals surface area contributed by atoms with E-state index in [1.807, 2.05) is 26.0 Å². The minimum atomic E-state index is -3.82. The van der Waals surface area contributed by atoms with E-state index >= 15 is 0 Å². The van der Waals surface area contributed by atoms with Gasteiger partial charge in [0, 0.05) is 31.9 Å². The molecule has 1 heterocycles. The number of aryl methyl sites for hydroxylation is 2. The molecule has 1 fully saturated rings. The Bertz CT molecular complexity index is 892. The molecule has 134 valence electrons. The maximum atomic E-state index is 13.4. The molecule has 0 amide bonds. The van der Waals surface area contributed by atoms with E-state index in [0.29, 0.717) is 26.2 Å². The van der Waals surface area contributed by atoms with Crippen molar-refractivity contribution in [2.75, 3.05) is 31.1 Å². The molecule has 1 saturated heterocycles. The van der Waals surface area contributed by atoms with Crippen LogP contribution in [-0.4, -0.2) is 38.9 Å². The number of rotatable bonds is 3. The van der Waals surface area contributed by atoms with E-state index in [-0.39, 0.29) is 4.90 Å². The molecule has 4 nitrogen and oxygen atoms in total. The monoisotopic (exact) mass is 366 g/mol. The van der Waals surface area contributed by atoms with Gasteiger partial charge in [0.05, 0.1) is 4.90 Å². The van der Waals surface area contributed by atoms with Crippen LogP contribution in [0.15, 0.2) is 41.3 Å². The summed E-state index contributed by atoms with van der Waals surface area (Å²) in [5.74, 6) is -2.21. The van der Waals surface area contributed by atoms with Crippen LogP contribution in [0.2, 0.25) is 0 Å². The molecule has 0 radical (unpaired) electrons. The highest BCUT2D eigenvalue weighted by molar-refractivity contribution is 7.89. The van der Waals surface area contributed by atoms with Gasteiger partial charge >= 0.3 is 0 Å². The maximum absolute atomic E-state index is 13.4. The van der Waals surface area contributed by atoms with Crippen LogP contribution >= 0.6 is 0 Å². The van der Waals surface area contributed by atoms with Crippen molar-refractivity contribution in [3.63, 3.8) is 0 Å². The third-order valence-electron chi connectivity index (χ3n) is 4.46. The molecule has 0 aliphatic carbocycles. The van der Waals surface area contributed by atoms with Gasteiger partial charge in [0.1, 0.15) is 0 Å². The molecule has 0 N–H and O–H groups in total. The fourth-order valence-corrected chi connectivity index (χ4v) is 4.55. The molecule has 0 bridgehead atoms. The van der Waals surface area contributed by atoms with Gasteiger partial charge in [-0.3, -0.25) is 0 Å². The van der Waals surface area contributed by atoms with Crippen LogP contribution in [0.1, 0.15) is 11.1 Å².